The lowest BCUT2D eigenvalue weighted by Gasteiger charge is -2.19. The zero-order valence-corrected chi connectivity index (χ0v) is 18.2. The van der Waals surface area contributed by atoms with Crippen molar-refractivity contribution in [3.05, 3.63) is 59.7 Å². The van der Waals surface area contributed by atoms with Gasteiger partial charge < -0.3 is 25.2 Å². The van der Waals surface area contributed by atoms with E-state index < -0.39 is 29.9 Å². The summed E-state index contributed by atoms with van der Waals surface area (Å²) >= 11 is 0. The van der Waals surface area contributed by atoms with E-state index in [1.165, 1.54) is 7.11 Å². The van der Waals surface area contributed by atoms with Crippen LogP contribution in [0.1, 0.15) is 30.4 Å². The van der Waals surface area contributed by atoms with E-state index in [1.807, 2.05) is 36.4 Å². The third-order valence-corrected chi connectivity index (χ3v) is 5.58. The Hall–Kier alpha value is -3.39. The molecule has 2 atom stereocenters. The van der Waals surface area contributed by atoms with E-state index >= 15 is 0 Å². The molecule has 0 fully saturated rings. The van der Waals surface area contributed by atoms with Crippen molar-refractivity contribution >= 4 is 18.0 Å². The van der Waals surface area contributed by atoms with Crippen LogP contribution in [0.15, 0.2) is 48.5 Å². The Morgan fingerprint density at radius 2 is 1.62 bits per heavy atom. The van der Waals surface area contributed by atoms with Gasteiger partial charge in [0.15, 0.2) is 0 Å². The molecule has 0 radical (unpaired) electrons. The topological polar surface area (TPSA) is 114 Å². The highest BCUT2D eigenvalue weighted by Gasteiger charge is 2.29. The lowest BCUT2D eigenvalue weighted by Crippen LogP contribution is -2.49. The quantitative estimate of drug-likeness (QED) is 0.524. The third kappa shape index (κ3) is 5.45. The average molecular weight is 440 g/mol. The van der Waals surface area contributed by atoms with Crippen molar-refractivity contribution in [2.24, 2.45) is 5.92 Å². The molecular weight excluding hydrogens is 412 g/mol. The lowest BCUT2D eigenvalue weighted by molar-refractivity contribution is -0.141. The number of methoxy groups -OCH3 is 1. The van der Waals surface area contributed by atoms with Gasteiger partial charge in [-0.2, -0.15) is 0 Å². The molecule has 2 amide bonds. The molecule has 0 heterocycles. The van der Waals surface area contributed by atoms with Gasteiger partial charge in [0.1, 0.15) is 12.6 Å². The van der Waals surface area contributed by atoms with Gasteiger partial charge in [-0.1, -0.05) is 55.5 Å². The molecule has 8 nitrogen and oxygen atoms in total. The van der Waals surface area contributed by atoms with Crippen LogP contribution in [0.3, 0.4) is 0 Å². The Morgan fingerprint density at radius 3 is 2.19 bits per heavy atom. The van der Waals surface area contributed by atoms with Crippen LogP contribution in [0.5, 0.6) is 0 Å². The summed E-state index contributed by atoms with van der Waals surface area (Å²) in [5, 5.41) is 14.1. The molecule has 1 aliphatic carbocycles. The van der Waals surface area contributed by atoms with Gasteiger partial charge in [0.05, 0.1) is 12.5 Å². The van der Waals surface area contributed by atoms with Crippen LogP contribution in [0.25, 0.3) is 11.1 Å². The van der Waals surface area contributed by atoms with E-state index in [-0.39, 0.29) is 32.1 Å². The number of ether oxygens (including phenoxy) is 2. The van der Waals surface area contributed by atoms with Crippen molar-refractivity contribution in [3.8, 4) is 11.1 Å². The predicted octanol–water partition coefficient (Wildman–Crippen LogP) is 2.77. The molecule has 32 heavy (non-hydrogen) atoms. The second-order valence-electron chi connectivity index (χ2n) is 7.80. The molecule has 1 unspecified atom stereocenters. The van der Waals surface area contributed by atoms with Crippen molar-refractivity contribution in [1.82, 2.24) is 10.6 Å². The second-order valence-corrected chi connectivity index (χ2v) is 7.80. The SMILES string of the molecule is COC[C@H](NC(=O)OCC1c2ccccc2-c2ccccc21)C(=O)NCCC(C)C(=O)O. The van der Waals surface area contributed by atoms with Crippen molar-refractivity contribution < 1.29 is 29.0 Å². The van der Waals surface area contributed by atoms with E-state index in [1.54, 1.807) is 6.92 Å². The number of fused-ring (bicyclic) bond motifs is 3. The Morgan fingerprint density at radius 1 is 1.03 bits per heavy atom. The number of carboxylic acid groups (broad SMARTS) is 1. The molecule has 0 bridgehead atoms. The fourth-order valence-electron chi connectivity index (χ4n) is 3.79. The smallest absolute Gasteiger partial charge is 0.407 e. The molecule has 2 aromatic carbocycles. The van der Waals surface area contributed by atoms with Gasteiger partial charge in [-0.3, -0.25) is 9.59 Å². The largest absolute Gasteiger partial charge is 0.481 e. The Balaban J connectivity index is 1.57. The van der Waals surface area contributed by atoms with E-state index in [4.69, 9.17) is 14.6 Å². The fourth-order valence-corrected chi connectivity index (χ4v) is 3.79. The number of hydrogen-bond acceptors (Lipinski definition) is 5. The zero-order valence-electron chi connectivity index (χ0n) is 18.2. The van der Waals surface area contributed by atoms with Gasteiger partial charge in [-0.15, -0.1) is 0 Å². The number of amides is 2. The van der Waals surface area contributed by atoms with Gasteiger partial charge >= 0.3 is 12.1 Å². The first-order valence-electron chi connectivity index (χ1n) is 10.5. The minimum Gasteiger partial charge on any atom is -0.481 e. The van der Waals surface area contributed by atoms with Crippen LogP contribution in [0, 0.1) is 5.92 Å². The fraction of sp³-hybridized carbons (Fsp3) is 0.375. The number of alkyl carbamates (subject to hydrolysis) is 1. The highest BCUT2D eigenvalue weighted by molar-refractivity contribution is 5.86. The van der Waals surface area contributed by atoms with E-state index in [0.29, 0.717) is 0 Å². The maximum Gasteiger partial charge on any atom is 0.407 e. The summed E-state index contributed by atoms with van der Waals surface area (Å²) in [6, 6.07) is 15.1. The number of aliphatic carboxylic acids is 1. The number of carbonyl (C=O) groups is 3. The highest BCUT2D eigenvalue weighted by Crippen LogP contribution is 2.44. The van der Waals surface area contributed by atoms with Crippen molar-refractivity contribution in [1.29, 1.82) is 0 Å². The molecule has 2 aromatic rings. The second kappa shape index (κ2) is 10.8. The minimum atomic E-state index is -0.948. The maximum atomic E-state index is 12.4. The lowest BCUT2D eigenvalue weighted by atomic mass is 9.98. The Labute approximate surface area is 186 Å². The van der Waals surface area contributed by atoms with Crippen LogP contribution in [0.4, 0.5) is 4.79 Å². The summed E-state index contributed by atoms with van der Waals surface area (Å²) in [6.07, 6.45) is -0.436. The van der Waals surface area contributed by atoms with Crippen LogP contribution in [0.2, 0.25) is 0 Å². The van der Waals surface area contributed by atoms with Gasteiger partial charge in [0, 0.05) is 19.6 Å². The molecule has 170 valence electrons. The third-order valence-electron chi connectivity index (χ3n) is 5.58. The van der Waals surface area contributed by atoms with Gasteiger partial charge in [0.25, 0.3) is 0 Å². The predicted molar refractivity (Wildman–Crippen MR) is 118 cm³/mol. The monoisotopic (exact) mass is 440 g/mol. The average Bonchev–Trinajstić information content (AvgIpc) is 3.11. The van der Waals surface area contributed by atoms with Crippen molar-refractivity contribution in [2.45, 2.75) is 25.3 Å². The highest BCUT2D eigenvalue weighted by atomic mass is 16.5. The number of benzene rings is 2. The summed E-state index contributed by atoms with van der Waals surface area (Å²) in [4.78, 5) is 35.7. The standard InChI is InChI=1S/C24H28N2O6/c1-15(23(28)29)11-12-25-22(27)21(14-31-2)26-24(30)32-13-20-18-9-5-3-7-16(18)17-8-4-6-10-19(17)20/h3-10,15,20-21H,11-14H2,1-2H3,(H,25,27)(H,26,30)(H,28,29)/t15?,21-/m0/s1. The molecule has 0 aliphatic heterocycles. The summed E-state index contributed by atoms with van der Waals surface area (Å²) in [5.41, 5.74) is 4.45. The summed E-state index contributed by atoms with van der Waals surface area (Å²) in [6.45, 7) is 1.84. The molecule has 3 rings (SSSR count). The first kappa shape index (κ1) is 23.3. The zero-order chi connectivity index (χ0) is 23.1. The normalized spacial score (nSPS) is 14.1. The summed E-state index contributed by atoms with van der Waals surface area (Å²) < 4.78 is 10.5. The number of carboxylic acids is 1. The number of rotatable bonds is 10. The number of nitrogens with one attached hydrogen (secondary N) is 2. The maximum absolute atomic E-state index is 12.4. The molecule has 0 saturated carbocycles. The molecule has 3 N–H and O–H groups in total. The molecule has 0 aromatic heterocycles. The first-order chi connectivity index (χ1) is 15.4. The number of hydrogen-bond donors (Lipinski definition) is 3. The van der Waals surface area contributed by atoms with Gasteiger partial charge in [0.2, 0.25) is 5.91 Å². The van der Waals surface area contributed by atoms with E-state index in [2.05, 4.69) is 22.8 Å². The molecule has 1 aliphatic rings. The van der Waals surface area contributed by atoms with Crippen molar-refractivity contribution in [3.63, 3.8) is 0 Å². The van der Waals surface area contributed by atoms with Crippen molar-refractivity contribution in [2.75, 3.05) is 26.9 Å². The first-order valence-corrected chi connectivity index (χ1v) is 10.5. The number of carbonyl (C=O) groups excluding carboxylic acids is 2. The van der Waals surface area contributed by atoms with Crippen LogP contribution >= 0.6 is 0 Å². The summed E-state index contributed by atoms with van der Waals surface area (Å²) in [7, 11) is 1.42. The minimum absolute atomic E-state index is 0.0372. The Kier molecular flexibility index (Phi) is 7.83. The Bertz CT molecular complexity index is 931. The molecule has 0 spiro atoms. The van der Waals surface area contributed by atoms with Crippen LogP contribution in [-0.2, 0) is 19.1 Å². The molecular formula is C24H28N2O6. The summed E-state index contributed by atoms with van der Waals surface area (Å²) in [5.74, 6) is -2.05. The molecule has 8 heteroatoms. The van der Waals surface area contributed by atoms with E-state index in [9.17, 15) is 14.4 Å². The molecule has 0 saturated heterocycles. The van der Waals surface area contributed by atoms with Gasteiger partial charge in [-0.25, -0.2) is 4.79 Å². The van der Waals surface area contributed by atoms with Gasteiger partial charge in [-0.05, 0) is 28.7 Å². The van der Waals surface area contributed by atoms with Crippen LogP contribution < -0.4 is 10.6 Å². The van der Waals surface area contributed by atoms with E-state index in [0.717, 1.165) is 22.3 Å². The van der Waals surface area contributed by atoms with Crippen LogP contribution in [-0.4, -0.2) is 56.0 Å².